The first-order valence-electron chi connectivity index (χ1n) is 8.39. The summed E-state index contributed by atoms with van der Waals surface area (Å²) in [4.78, 5) is 4.49. The van der Waals surface area contributed by atoms with Crippen molar-refractivity contribution in [3.63, 3.8) is 0 Å². The molecule has 1 N–H and O–H groups in total. The summed E-state index contributed by atoms with van der Waals surface area (Å²) in [6, 6.07) is 9.10. The van der Waals surface area contributed by atoms with Gasteiger partial charge < -0.3 is 4.42 Å². The Morgan fingerprint density at radius 1 is 1.13 bits per heavy atom. The highest BCUT2D eigenvalue weighted by Crippen LogP contribution is 2.30. The molecule has 0 aliphatic heterocycles. The number of nitrogens with one attached hydrogen (secondary N) is 1. The Bertz CT molecular complexity index is 827. The van der Waals surface area contributed by atoms with Crippen LogP contribution in [0.3, 0.4) is 0 Å². The van der Waals surface area contributed by atoms with Crippen molar-refractivity contribution < 1.29 is 4.42 Å². The number of rotatable bonds is 3. The van der Waals surface area contributed by atoms with Crippen molar-refractivity contribution in [2.45, 2.75) is 52.0 Å². The van der Waals surface area contributed by atoms with Crippen molar-refractivity contribution in [3.8, 4) is 0 Å². The molecule has 3 aromatic rings. The van der Waals surface area contributed by atoms with Gasteiger partial charge in [0.2, 0.25) is 0 Å². The summed E-state index contributed by atoms with van der Waals surface area (Å²) in [6.45, 7) is 4.17. The van der Waals surface area contributed by atoms with Crippen LogP contribution in [0.25, 0.3) is 11.1 Å². The average Bonchev–Trinajstić information content (AvgIpc) is 3.10. The number of aryl methyl sites for hydroxylation is 2. The number of nitrogens with zero attached hydrogens (tertiary/aromatic N) is 3. The van der Waals surface area contributed by atoms with Crippen molar-refractivity contribution in [2.24, 2.45) is 0 Å². The summed E-state index contributed by atoms with van der Waals surface area (Å²) in [6.07, 6.45) is 6.41. The maximum Gasteiger partial charge on any atom is 0.301 e. The Morgan fingerprint density at radius 3 is 2.78 bits per heavy atom. The zero-order valence-corrected chi connectivity index (χ0v) is 13.7. The second kappa shape index (κ2) is 5.72. The molecule has 5 heteroatoms. The van der Waals surface area contributed by atoms with Crippen molar-refractivity contribution in [2.75, 3.05) is 5.32 Å². The van der Waals surface area contributed by atoms with Gasteiger partial charge in [0.1, 0.15) is 5.52 Å². The number of anilines is 2. The van der Waals surface area contributed by atoms with Gasteiger partial charge in [0, 0.05) is 11.8 Å². The largest absolute Gasteiger partial charge is 0.423 e. The third kappa shape index (κ3) is 2.83. The van der Waals surface area contributed by atoms with E-state index in [0.29, 0.717) is 12.1 Å². The zero-order chi connectivity index (χ0) is 15.8. The molecule has 0 saturated heterocycles. The normalized spacial score (nSPS) is 16.1. The first-order valence-corrected chi connectivity index (χ1v) is 8.39. The van der Waals surface area contributed by atoms with Crippen LogP contribution in [-0.4, -0.2) is 14.8 Å². The van der Waals surface area contributed by atoms with Gasteiger partial charge in [0.15, 0.2) is 11.4 Å². The second-order valence-corrected chi connectivity index (χ2v) is 6.52. The Labute approximate surface area is 135 Å². The van der Waals surface area contributed by atoms with Gasteiger partial charge in [-0.2, -0.15) is 10.1 Å². The van der Waals surface area contributed by atoms with Gasteiger partial charge in [-0.25, -0.2) is 0 Å². The number of oxazole rings is 1. The van der Waals surface area contributed by atoms with Crippen LogP contribution in [0, 0.1) is 13.8 Å². The third-order valence-corrected chi connectivity index (χ3v) is 4.62. The van der Waals surface area contributed by atoms with E-state index < -0.39 is 0 Å². The monoisotopic (exact) mass is 310 g/mol. The molecule has 1 saturated carbocycles. The van der Waals surface area contributed by atoms with Crippen LogP contribution in [0.15, 0.2) is 28.7 Å². The molecule has 0 amide bonds. The molecule has 0 spiro atoms. The molecule has 0 unspecified atom stereocenters. The predicted octanol–water partition coefficient (Wildman–Crippen LogP) is 4.89. The van der Waals surface area contributed by atoms with E-state index in [0.717, 1.165) is 16.9 Å². The molecule has 5 nitrogen and oxygen atoms in total. The fourth-order valence-electron chi connectivity index (χ4n) is 3.44. The average molecular weight is 310 g/mol. The molecule has 2 heterocycles. The van der Waals surface area contributed by atoms with Gasteiger partial charge in [-0.1, -0.05) is 25.3 Å². The third-order valence-electron chi connectivity index (χ3n) is 4.62. The minimum atomic E-state index is 0.499. The quantitative estimate of drug-likeness (QED) is 0.748. The van der Waals surface area contributed by atoms with E-state index in [4.69, 9.17) is 9.52 Å². The standard InChI is InChI=1S/C18H22N4O/c1-12-8-9-16-15(10-12)19-18(23-16)20-17-11-13(2)22(21-17)14-6-4-3-5-7-14/h8-11,14H,3-7H2,1-2H3,(H,19,20,21). The second-order valence-electron chi connectivity index (χ2n) is 6.52. The van der Waals surface area contributed by atoms with E-state index in [1.165, 1.54) is 43.4 Å². The molecule has 1 fully saturated rings. The molecule has 120 valence electrons. The Balaban J connectivity index is 1.58. The topological polar surface area (TPSA) is 55.9 Å². The lowest BCUT2D eigenvalue weighted by Gasteiger charge is -2.23. The van der Waals surface area contributed by atoms with Crippen LogP contribution in [-0.2, 0) is 0 Å². The van der Waals surface area contributed by atoms with E-state index in [-0.39, 0.29) is 0 Å². The molecule has 1 aliphatic rings. The fraction of sp³-hybridized carbons (Fsp3) is 0.444. The highest BCUT2D eigenvalue weighted by Gasteiger charge is 2.19. The summed E-state index contributed by atoms with van der Waals surface area (Å²) in [5, 5.41) is 7.93. The molecular weight excluding hydrogens is 288 g/mol. The predicted molar refractivity (Wildman–Crippen MR) is 91.1 cm³/mol. The van der Waals surface area contributed by atoms with Crippen molar-refractivity contribution in [1.29, 1.82) is 0 Å². The molecule has 4 rings (SSSR count). The number of hydrogen-bond donors (Lipinski definition) is 1. The minimum Gasteiger partial charge on any atom is -0.423 e. The van der Waals surface area contributed by atoms with Crippen molar-refractivity contribution >= 4 is 22.9 Å². The minimum absolute atomic E-state index is 0.499. The Kier molecular flexibility index (Phi) is 3.56. The molecular formula is C18H22N4O. The number of hydrogen-bond acceptors (Lipinski definition) is 4. The molecule has 1 aliphatic carbocycles. The summed E-state index contributed by atoms with van der Waals surface area (Å²) < 4.78 is 7.91. The van der Waals surface area contributed by atoms with Gasteiger partial charge in [-0.15, -0.1) is 0 Å². The van der Waals surface area contributed by atoms with Crippen LogP contribution in [0.2, 0.25) is 0 Å². The lowest BCUT2D eigenvalue weighted by molar-refractivity contribution is 0.325. The van der Waals surface area contributed by atoms with Gasteiger partial charge in [0.05, 0.1) is 6.04 Å². The molecule has 2 aromatic heterocycles. The molecule has 23 heavy (non-hydrogen) atoms. The Hall–Kier alpha value is -2.30. The van der Waals surface area contributed by atoms with E-state index in [9.17, 15) is 0 Å². The molecule has 0 atom stereocenters. The van der Waals surface area contributed by atoms with E-state index >= 15 is 0 Å². The van der Waals surface area contributed by atoms with Crippen LogP contribution >= 0.6 is 0 Å². The lowest BCUT2D eigenvalue weighted by Crippen LogP contribution is -2.15. The van der Waals surface area contributed by atoms with Crippen LogP contribution < -0.4 is 5.32 Å². The zero-order valence-electron chi connectivity index (χ0n) is 13.7. The van der Waals surface area contributed by atoms with Crippen molar-refractivity contribution in [1.82, 2.24) is 14.8 Å². The number of aromatic nitrogens is 3. The first kappa shape index (κ1) is 14.3. The van der Waals surface area contributed by atoms with E-state index in [1.807, 2.05) is 18.2 Å². The maximum atomic E-state index is 5.75. The SMILES string of the molecule is Cc1ccc2oc(Nc3cc(C)n(C4CCCCC4)n3)nc2c1. The van der Waals surface area contributed by atoms with E-state index in [2.05, 4.69) is 34.9 Å². The smallest absolute Gasteiger partial charge is 0.301 e. The highest BCUT2D eigenvalue weighted by molar-refractivity contribution is 5.75. The van der Waals surface area contributed by atoms with E-state index in [1.54, 1.807) is 0 Å². The molecule has 1 aromatic carbocycles. The fourth-order valence-corrected chi connectivity index (χ4v) is 3.44. The summed E-state index contributed by atoms with van der Waals surface area (Å²) in [7, 11) is 0. The van der Waals surface area contributed by atoms with Gasteiger partial charge in [0.25, 0.3) is 0 Å². The summed E-state index contributed by atoms with van der Waals surface area (Å²) in [5.74, 6) is 0.802. The molecule has 0 bridgehead atoms. The summed E-state index contributed by atoms with van der Waals surface area (Å²) in [5.41, 5.74) is 4.03. The first-order chi connectivity index (χ1) is 11.2. The number of fused-ring (bicyclic) bond motifs is 1. The Morgan fingerprint density at radius 2 is 1.96 bits per heavy atom. The highest BCUT2D eigenvalue weighted by atomic mass is 16.4. The lowest BCUT2D eigenvalue weighted by atomic mass is 9.95. The van der Waals surface area contributed by atoms with Crippen LogP contribution in [0.4, 0.5) is 11.8 Å². The molecule has 0 radical (unpaired) electrons. The van der Waals surface area contributed by atoms with Crippen LogP contribution in [0.5, 0.6) is 0 Å². The maximum absolute atomic E-state index is 5.75. The van der Waals surface area contributed by atoms with Gasteiger partial charge in [-0.3, -0.25) is 10.00 Å². The van der Waals surface area contributed by atoms with Crippen molar-refractivity contribution in [3.05, 3.63) is 35.5 Å². The number of benzene rings is 1. The van der Waals surface area contributed by atoms with Crippen LogP contribution in [0.1, 0.15) is 49.4 Å². The van der Waals surface area contributed by atoms with Gasteiger partial charge >= 0.3 is 6.01 Å². The van der Waals surface area contributed by atoms with Gasteiger partial charge in [-0.05, 0) is 44.4 Å². The summed E-state index contributed by atoms with van der Waals surface area (Å²) >= 11 is 0.